The van der Waals surface area contributed by atoms with Crippen LogP contribution in [-0.2, 0) is 9.59 Å². The normalized spacial score (nSPS) is 17.0. The molecule has 1 aliphatic rings. The van der Waals surface area contributed by atoms with Crippen LogP contribution < -0.4 is 9.64 Å². The smallest absolute Gasteiger partial charge is 0.301 e. The zero-order valence-electron chi connectivity index (χ0n) is 22.2. The van der Waals surface area contributed by atoms with E-state index in [0.29, 0.717) is 28.6 Å². The molecule has 2 heterocycles. The van der Waals surface area contributed by atoms with Gasteiger partial charge in [0.15, 0.2) is 5.13 Å². The topological polar surface area (TPSA) is 79.7 Å². The summed E-state index contributed by atoms with van der Waals surface area (Å²) in [5.41, 5.74) is 5.93. The molecular formula is C31H30N2O4S. The summed E-state index contributed by atoms with van der Waals surface area (Å²) in [6, 6.07) is 16.3. The van der Waals surface area contributed by atoms with E-state index in [2.05, 4.69) is 0 Å². The van der Waals surface area contributed by atoms with E-state index < -0.39 is 17.7 Å². The van der Waals surface area contributed by atoms with Gasteiger partial charge in [0, 0.05) is 5.56 Å². The molecule has 1 aromatic heterocycles. The molecule has 0 spiro atoms. The number of fused-ring (bicyclic) bond motifs is 1. The van der Waals surface area contributed by atoms with Crippen molar-refractivity contribution in [2.75, 3.05) is 11.5 Å². The molecule has 3 aromatic carbocycles. The van der Waals surface area contributed by atoms with Crippen molar-refractivity contribution in [3.63, 3.8) is 0 Å². The largest absolute Gasteiger partial charge is 0.507 e. The van der Waals surface area contributed by atoms with Crippen LogP contribution in [0.15, 0.2) is 60.2 Å². The molecule has 0 radical (unpaired) electrons. The van der Waals surface area contributed by atoms with Gasteiger partial charge in [-0.15, -0.1) is 0 Å². The predicted octanol–water partition coefficient (Wildman–Crippen LogP) is 6.95. The number of aromatic nitrogens is 1. The van der Waals surface area contributed by atoms with Crippen LogP contribution in [0, 0.1) is 27.7 Å². The summed E-state index contributed by atoms with van der Waals surface area (Å²) in [4.78, 5) is 33.4. The number of aliphatic hydroxyl groups is 1. The molecule has 4 aromatic rings. The van der Waals surface area contributed by atoms with Gasteiger partial charge in [0.05, 0.1) is 28.4 Å². The molecule has 7 heteroatoms. The Labute approximate surface area is 226 Å². The highest BCUT2D eigenvalue weighted by atomic mass is 32.1. The fourth-order valence-electron chi connectivity index (χ4n) is 4.91. The van der Waals surface area contributed by atoms with E-state index in [-0.39, 0.29) is 11.3 Å². The Balaban J connectivity index is 1.71. The number of benzene rings is 3. The van der Waals surface area contributed by atoms with Crippen LogP contribution >= 0.6 is 11.3 Å². The van der Waals surface area contributed by atoms with Gasteiger partial charge in [-0.25, -0.2) is 4.98 Å². The maximum atomic E-state index is 13.6. The van der Waals surface area contributed by atoms with E-state index in [1.807, 2.05) is 89.2 Å². The Bertz CT molecular complexity index is 1600. The van der Waals surface area contributed by atoms with Crippen molar-refractivity contribution in [2.24, 2.45) is 0 Å². The van der Waals surface area contributed by atoms with Gasteiger partial charge in [-0.1, -0.05) is 54.2 Å². The van der Waals surface area contributed by atoms with Gasteiger partial charge in [0.25, 0.3) is 5.78 Å². The van der Waals surface area contributed by atoms with E-state index in [1.54, 1.807) is 0 Å². The van der Waals surface area contributed by atoms with E-state index in [9.17, 15) is 14.7 Å². The van der Waals surface area contributed by atoms with Gasteiger partial charge in [0.2, 0.25) is 0 Å². The molecule has 194 valence electrons. The Morgan fingerprint density at radius 1 is 0.974 bits per heavy atom. The number of hydrogen-bond donors (Lipinski definition) is 1. The number of ether oxygens (including phenoxy) is 1. The van der Waals surface area contributed by atoms with Crippen LogP contribution in [0.2, 0.25) is 0 Å². The van der Waals surface area contributed by atoms with Crippen molar-refractivity contribution < 1.29 is 19.4 Å². The molecule has 1 saturated heterocycles. The summed E-state index contributed by atoms with van der Waals surface area (Å²) >= 11 is 1.37. The third kappa shape index (κ3) is 4.47. The quantitative estimate of drug-likeness (QED) is 0.167. The minimum atomic E-state index is -0.836. The number of nitrogens with zero attached hydrogens (tertiary/aromatic N) is 2. The van der Waals surface area contributed by atoms with Crippen LogP contribution in [0.25, 0.3) is 16.0 Å². The molecule has 0 bridgehead atoms. The van der Waals surface area contributed by atoms with Crippen LogP contribution in [0.1, 0.15) is 52.8 Å². The zero-order chi connectivity index (χ0) is 27.1. The van der Waals surface area contributed by atoms with E-state index in [4.69, 9.17) is 9.72 Å². The fraction of sp³-hybridized carbons (Fsp3) is 0.258. The molecule has 6 nitrogen and oxygen atoms in total. The molecule has 1 N–H and O–H groups in total. The van der Waals surface area contributed by atoms with Gasteiger partial charge in [-0.3, -0.25) is 14.5 Å². The maximum absolute atomic E-state index is 13.6. The molecule has 0 saturated carbocycles. The summed E-state index contributed by atoms with van der Waals surface area (Å²) in [5.74, 6) is -0.918. The van der Waals surface area contributed by atoms with E-state index in [1.165, 1.54) is 16.2 Å². The standard InChI is InChI=1S/C31H30N2O4S/c1-6-13-37-22-11-9-21(10-12-22)27-25(28(34)23-15-17(2)7-8-19(23)4)29(35)30(36)33(27)31-32-26-20(5)14-18(3)16-24(26)38-31/h7-12,14-16,27,34H,6,13H2,1-5H3. The Morgan fingerprint density at radius 2 is 1.71 bits per heavy atom. The number of Topliss-reactive ketones (excluding diaryl/α,β-unsaturated/α-hetero) is 1. The third-order valence-electron chi connectivity index (χ3n) is 6.79. The average Bonchev–Trinajstić information content (AvgIpc) is 3.42. The van der Waals surface area contributed by atoms with Crippen molar-refractivity contribution >= 4 is 44.1 Å². The molecule has 5 rings (SSSR count). The Hall–Kier alpha value is -3.97. The summed E-state index contributed by atoms with van der Waals surface area (Å²) < 4.78 is 6.68. The lowest BCUT2D eigenvalue weighted by Gasteiger charge is -2.23. The minimum Gasteiger partial charge on any atom is -0.507 e. The number of aryl methyl sites for hydroxylation is 4. The minimum absolute atomic E-state index is 0.0538. The lowest BCUT2D eigenvalue weighted by molar-refractivity contribution is -0.132. The second kappa shape index (κ2) is 10.1. The summed E-state index contributed by atoms with van der Waals surface area (Å²) in [6.07, 6.45) is 0.883. The van der Waals surface area contributed by atoms with Crippen LogP contribution in [0.3, 0.4) is 0 Å². The number of carbonyl (C=O) groups is 2. The zero-order valence-corrected chi connectivity index (χ0v) is 23.0. The molecule has 38 heavy (non-hydrogen) atoms. The van der Waals surface area contributed by atoms with Crippen molar-refractivity contribution in [3.8, 4) is 5.75 Å². The van der Waals surface area contributed by atoms with Crippen molar-refractivity contribution in [2.45, 2.75) is 47.1 Å². The highest BCUT2D eigenvalue weighted by Crippen LogP contribution is 2.45. The first kappa shape index (κ1) is 25.7. The molecule has 0 aliphatic carbocycles. The van der Waals surface area contributed by atoms with Crippen LogP contribution in [0.4, 0.5) is 5.13 Å². The summed E-state index contributed by atoms with van der Waals surface area (Å²) in [7, 11) is 0. The number of rotatable bonds is 6. The summed E-state index contributed by atoms with van der Waals surface area (Å²) in [5, 5.41) is 12.0. The number of ketones is 1. The number of thiazole rings is 1. The fourth-order valence-corrected chi connectivity index (χ4v) is 6.08. The predicted molar refractivity (Wildman–Crippen MR) is 152 cm³/mol. The van der Waals surface area contributed by atoms with E-state index in [0.717, 1.165) is 38.9 Å². The molecule has 1 fully saturated rings. The Morgan fingerprint density at radius 3 is 2.42 bits per heavy atom. The number of carbonyl (C=O) groups excluding carboxylic acids is 2. The summed E-state index contributed by atoms with van der Waals surface area (Å²) in [6.45, 7) is 10.4. The monoisotopic (exact) mass is 526 g/mol. The highest BCUT2D eigenvalue weighted by Gasteiger charge is 2.48. The van der Waals surface area contributed by atoms with E-state index >= 15 is 0 Å². The number of amides is 1. The number of anilines is 1. The second-order valence-electron chi connectivity index (χ2n) is 9.83. The van der Waals surface area contributed by atoms with Gasteiger partial charge in [-0.05, 0) is 80.6 Å². The molecule has 1 atom stereocenters. The lowest BCUT2D eigenvalue weighted by Crippen LogP contribution is -2.29. The first-order valence-corrected chi connectivity index (χ1v) is 13.5. The lowest BCUT2D eigenvalue weighted by atomic mass is 9.93. The average molecular weight is 527 g/mol. The highest BCUT2D eigenvalue weighted by molar-refractivity contribution is 7.22. The van der Waals surface area contributed by atoms with Gasteiger partial charge in [0.1, 0.15) is 11.5 Å². The third-order valence-corrected chi connectivity index (χ3v) is 7.79. The maximum Gasteiger partial charge on any atom is 0.301 e. The van der Waals surface area contributed by atoms with Gasteiger partial charge < -0.3 is 9.84 Å². The van der Waals surface area contributed by atoms with Gasteiger partial charge in [-0.2, -0.15) is 0 Å². The molecule has 1 unspecified atom stereocenters. The van der Waals surface area contributed by atoms with Gasteiger partial charge >= 0.3 is 5.91 Å². The number of aliphatic hydroxyl groups excluding tert-OH is 1. The molecule has 1 amide bonds. The first-order chi connectivity index (χ1) is 18.2. The molecular weight excluding hydrogens is 496 g/mol. The number of hydrogen-bond acceptors (Lipinski definition) is 6. The first-order valence-electron chi connectivity index (χ1n) is 12.7. The van der Waals surface area contributed by atoms with Crippen LogP contribution in [0.5, 0.6) is 5.75 Å². The van der Waals surface area contributed by atoms with Crippen molar-refractivity contribution in [1.82, 2.24) is 4.98 Å². The van der Waals surface area contributed by atoms with Crippen LogP contribution in [-0.4, -0.2) is 28.4 Å². The van der Waals surface area contributed by atoms with Crippen molar-refractivity contribution in [3.05, 3.63) is 93.6 Å². The Kier molecular flexibility index (Phi) is 6.80. The molecule has 1 aliphatic heterocycles. The van der Waals surface area contributed by atoms with Crippen molar-refractivity contribution in [1.29, 1.82) is 0 Å². The SMILES string of the molecule is CCCOc1ccc(C2C(=C(O)c3cc(C)ccc3C)C(=O)C(=O)N2c2nc3c(C)cc(C)cc3s2)cc1. The second-order valence-corrected chi connectivity index (χ2v) is 10.8.